The van der Waals surface area contributed by atoms with E-state index in [-0.39, 0.29) is 0 Å². The van der Waals surface area contributed by atoms with Crippen molar-refractivity contribution >= 4 is 17.7 Å². The van der Waals surface area contributed by atoms with Crippen LogP contribution in [0.4, 0.5) is 4.79 Å². The Morgan fingerprint density at radius 3 is 2.84 bits per heavy atom. The number of halogens is 1. The lowest BCUT2D eigenvalue weighted by atomic mass is 10.1. The Labute approximate surface area is 115 Å². The van der Waals surface area contributed by atoms with Gasteiger partial charge in [0.05, 0.1) is 12.8 Å². The highest BCUT2D eigenvalue weighted by Crippen LogP contribution is 2.22. The van der Waals surface area contributed by atoms with Gasteiger partial charge in [-0.3, -0.25) is 0 Å². The topological polar surface area (TPSA) is 64.4 Å². The van der Waals surface area contributed by atoms with Crippen molar-refractivity contribution in [3.63, 3.8) is 0 Å². The zero-order chi connectivity index (χ0) is 13.7. The molecule has 0 spiro atoms. The minimum atomic E-state index is -0.457. The largest absolute Gasteiger partial charge is 0.453 e. The lowest BCUT2D eigenvalue weighted by molar-refractivity contribution is 0.171. The molecule has 0 radical (unpaired) electrons. The highest BCUT2D eigenvalue weighted by molar-refractivity contribution is 6.30. The minimum Gasteiger partial charge on any atom is -0.453 e. The van der Waals surface area contributed by atoms with Gasteiger partial charge in [-0.25, -0.2) is 4.79 Å². The first kappa shape index (κ1) is 13.4. The van der Waals surface area contributed by atoms with E-state index in [9.17, 15) is 4.79 Å². The second-order valence-electron chi connectivity index (χ2n) is 3.86. The van der Waals surface area contributed by atoms with Crippen molar-refractivity contribution in [3.05, 3.63) is 41.0 Å². The Kier molecular flexibility index (Phi) is 4.41. The quantitative estimate of drug-likeness (QED) is 0.935. The Balaban J connectivity index is 1.95. The first-order valence-corrected chi connectivity index (χ1v) is 6.10. The van der Waals surface area contributed by atoms with Crippen LogP contribution >= 0.6 is 11.6 Å². The molecule has 5 nitrogen and oxygen atoms in total. The standard InChI is InChI=1S/C13H13ClN2O3/c1-18-13(17)15-7-6-11-8-12(19-16-11)9-2-4-10(14)5-3-9/h2-5,8H,6-7H2,1H3,(H,15,17). The normalized spacial score (nSPS) is 10.2. The molecule has 0 aliphatic rings. The molecule has 0 aliphatic carbocycles. The van der Waals surface area contributed by atoms with Crippen LogP contribution in [0.2, 0.25) is 5.02 Å². The summed E-state index contributed by atoms with van der Waals surface area (Å²) in [5, 5.41) is 7.19. The molecule has 1 aromatic heterocycles. The van der Waals surface area contributed by atoms with E-state index in [1.54, 1.807) is 12.1 Å². The van der Waals surface area contributed by atoms with Gasteiger partial charge in [-0.15, -0.1) is 0 Å². The van der Waals surface area contributed by atoms with Crippen LogP contribution < -0.4 is 5.32 Å². The maximum absolute atomic E-state index is 10.9. The van der Waals surface area contributed by atoms with E-state index < -0.39 is 6.09 Å². The van der Waals surface area contributed by atoms with Gasteiger partial charge in [-0.1, -0.05) is 16.8 Å². The fourth-order valence-electron chi connectivity index (χ4n) is 1.54. The second kappa shape index (κ2) is 6.24. The number of benzene rings is 1. The predicted molar refractivity (Wildman–Crippen MR) is 71.1 cm³/mol. The average Bonchev–Trinajstić information content (AvgIpc) is 2.88. The van der Waals surface area contributed by atoms with Gasteiger partial charge in [0.25, 0.3) is 0 Å². The number of alkyl carbamates (subject to hydrolysis) is 1. The van der Waals surface area contributed by atoms with Gasteiger partial charge < -0.3 is 14.6 Å². The predicted octanol–water partition coefficient (Wildman–Crippen LogP) is 2.89. The number of methoxy groups -OCH3 is 1. The number of amides is 1. The summed E-state index contributed by atoms with van der Waals surface area (Å²) < 4.78 is 9.70. The summed E-state index contributed by atoms with van der Waals surface area (Å²) in [7, 11) is 1.32. The summed E-state index contributed by atoms with van der Waals surface area (Å²) in [5.74, 6) is 0.671. The highest BCUT2D eigenvalue weighted by atomic mass is 35.5. The van der Waals surface area contributed by atoms with Gasteiger partial charge in [-0.05, 0) is 24.3 Å². The zero-order valence-corrected chi connectivity index (χ0v) is 11.1. The highest BCUT2D eigenvalue weighted by Gasteiger charge is 2.07. The Hall–Kier alpha value is -2.01. The first-order chi connectivity index (χ1) is 9.19. The van der Waals surface area contributed by atoms with E-state index in [0.29, 0.717) is 23.7 Å². The van der Waals surface area contributed by atoms with E-state index in [2.05, 4.69) is 15.2 Å². The number of carbonyl (C=O) groups excluding carboxylic acids is 1. The van der Waals surface area contributed by atoms with Crippen LogP contribution in [0, 0.1) is 0 Å². The maximum Gasteiger partial charge on any atom is 0.406 e. The molecule has 0 fully saturated rings. The molecule has 0 aliphatic heterocycles. The minimum absolute atomic E-state index is 0.444. The van der Waals surface area contributed by atoms with Crippen molar-refractivity contribution in [2.24, 2.45) is 0 Å². The summed E-state index contributed by atoms with van der Waals surface area (Å²) in [5.41, 5.74) is 1.67. The molecule has 0 saturated carbocycles. The van der Waals surface area contributed by atoms with Crippen LogP contribution in [0.3, 0.4) is 0 Å². The molecule has 6 heteroatoms. The molecule has 2 aromatic rings. The second-order valence-corrected chi connectivity index (χ2v) is 4.29. The van der Waals surface area contributed by atoms with Crippen molar-refractivity contribution in [2.45, 2.75) is 6.42 Å². The molecule has 0 bridgehead atoms. The number of aromatic nitrogens is 1. The molecule has 19 heavy (non-hydrogen) atoms. The van der Waals surface area contributed by atoms with Gasteiger partial charge in [0.1, 0.15) is 0 Å². The van der Waals surface area contributed by atoms with Gasteiger partial charge in [-0.2, -0.15) is 0 Å². The SMILES string of the molecule is COC(=O)NCCc1cc(-c2ccc(Cl)cc2)on1. The molecule has 1 aromatic carbocycles. The average molecular weight is 281 g/mol. The van der Waals surface area contributed by atoms with Crippen molar-refractivity contribution in [1.82, 2.24) is 10.5 Å². The lowest BCUT2D eigenvalue weighted by Crippen LogP contribution is -2.25. The van der Waals surface area contributed by atoms with Crippen LogP contribution in [0.25, 0.3) is 11.3 Å². The van der Waals surface area contributed by atoms with Gasteiger partial charge in [0.15, 0.2) is 5.76 Å². The number of hydrogen-bond donors (Lipinski definition) is 1. The third kappa shape index (κ3) is 3.72. The van der Waals surface area contributed by atoms with E-state index >= 15 is 0 Å². The Bertz CT molecular complexity index is 551. The van der Waals surface area contributed by atoms with Crippen molar-refractivity contribution in [2.75, 3.05) is 13.7 Å². The summed E-state index contributed by atoms with van der Waals surface area (Å²) in [4.78, 5) is 10.9. The molecule has 100 valence electrons. The van der Waals surface area contributed by atoms with Crippen LogP contribution in [0.5, 0.6) is 0 Å². The van der Waals surface area contributed by atoms with Crippen molar-refractivity contribution in [1.29, 1.82) is 0 Å². The van der Waals surface area contributed by atoms with E-state index in [1.807, 2.05) is 18.2 Å². The summed E-state index contributed by atoms with van der Waals surface area (Å²) >= 11 is 5.82. The summed E-state index contributed by atoms with van der Waals surface area (Å²) in [6.07, 6.45) is 0.119. The van der Waals surface area contributed by atoms with E-state index in [1.165, 1.54) is 7.11 Å². The molecular formula is C13H13ClN2O3. The number of nitrogens with one attached hydrogen (secondary N) is 1. The number of rotatable bonds is 4. The third-order valence-electron chi connectivity index (χ3n) is 2.52. The molecule has 1 heterocycles. The third-order valence-corrected chi connectivity index (χ3v) is 2.78. The molecule has 0 atom stereocenters. The maximum atomic E-state index is 10.9. The van der Waals surface area contributed by atoms with Crippen molar-refractivity contribution in [3.8, 4) is 11.3 Å². The van der Waals surface area contributed by atoms with Crippen molar-refractivity contribution < 1.29 is 14.1 Å². The van der Waals surface area contributed by atoms with Gasteiger partial charge >= 0.3 is 6.09 Å². The molecular weight excluding hydrogens is 268 g/mol. The Morgan fingerprint density at radius 2 is 2.16 bits per heavy atom. The first-order valence-electron chi connectivity index (χ1n) is 5.72. The fraction of sp³-hybridized carbons (Fsp3) is 0.231. The van der Waals surface area contributed by atoms with E-state index in [4.69, 9.17) is 16.1 Å². The van der Waals surface area contributed by atoms with Crippen LogP contribution in [0.1, 0.15) is 5.69 Å². The van der Waals surface area contributed by atoms with Crippen LogP contribution in [-0.2, 0) is 11.2 Å². The molecule has 2 rings (SSSR count). The van der Waals surface area contributed by atoms with Gasteiger partial charge in [0.2, 0.25) is 0 Å². The number of carbonyl (C=O) groups is 1. The fourth-order valence-corrected chi connectivity index (χ4v) is 1.67. The molecule has 0 unspecified atom stereocenters. The lowest BCUT2D eigenvalue weighted by Gasteiger charge is -2.00. The number of hydrogen-bond acceptors (Lipinski definition) is 4. The zero-order valence-electron chi connectivity index (χ0n) is 10.4. The summed E-state index contributed by atoms with van der Waals surface area (Å²) in [6, 6.07) is 9.14. The number of ether oxygens (including phenoxy) is 1. The van der Waals surface area contributed by atoms with Crippen LogP contribution in [0.15, 0.2) is 34.9 Å². The molecule has 1 N–H and O–H groups in total. The van der Waals surface area contributed by atoms with E-state index in [0.717, 1.165) is 11.3 Å². The Morgan fingerprint density at radius 1 is 1.42 bits per heavy atom. The monoisotopic (exact) mass is 280 g/mol. The number of nitrogens with zero attached hydrogens (tertiary/aromatic N) is 1. The van der Waals surface area contributed by atoms with Crippen LogP contribution in [-0.4, -0.2) is 24.9 Å². The summed E-state index contributed by atoms with van der Waals surface area (Å²) in [6.45, 7) is 0.444. The molecule has 1 amide bonds. The smallest absolute Gasteiger partial charge is 0.406 e. The van der Waals surface area contributed by atoms with Gasteiger partial charge in [0, 0.05) is 29.6 Å². The molecule has 0 saturated heterocycles.